The Morgan fingerprint density at radius 3 is 2.62 bits per heavy atom. The average molecular weight is 330 g/mol. The Labute approximate surface area is 141 Å². The quantitative estimate of drug-likeness (QED) is 0.843. The van der Waals surface area contributed by atoms with Crippen molar-refractivity contribution in [3.8, 4) is 11.5 Å². The Kier molecular flexibility index (Phi) is 3.62. The van der Waals surface area contributed by atoms with E-state index in [4.69, 9.17) is 9.47 Å². The van der Waals surface area contributed by atoms with Crippen LogP contribution < -0.4 is 14.4 Å². The lowest BCUT2D eigenvalue weighted by atomic mass is 10.1. The normalized spacial score (nSPS) is 28.1. The van der Waals surface area contributed by atoms with Crippen LogP contribution in [0.5, 0.6) is 11.5 Å². The maximum atomic E-state index is 12.7. The molecule has 2 saturated heterocycles. The number of fused-ring (bicyclic) bond motifs is 1. The topological polar surface area (TPSA) is 59.1 Å². The first-order valence-electron chi connectivity index (χ1n) is 8.45. The van der Waals surface area contributed by atoms with Gasteiger partial charge < -0.3 is 19.3 Å². The van der Waals surface area contributed by atoms with Gasteiger partial charge in [-0.3, -0.25) is 9.59 Å². The van der Waals surface area contributed by atoms with Crippen LogP contribution in [-0.2, 0) is 9.59 Å². The van der Waals surface area contributed by atoms with Crippen LogP contribution in [0.2, 0.25) is 0 Å². The largest absolute Gasteiger partial charge is 0.493 e. The molecule has 0 N–H and O–H groups in total. The predicted octanol–water partition coefficient (Wildman–Crippen LogP) is 1.68. The molecule has 1 saturated carbocycles. The summed E-state index contributed by atoms with van der Waals surface area (Å²) in [5.74, 6) is 1.83. The molecule has 2 aliphatic heterocycles. The SMILES string of the molecule is COc1ccc(N2CC(C(=O)N3CCC4CC43)CC2=O)cc1OC. The van der Waals surface area contributed by atoms with E-state index in [1.54, 1.807) is 31.3 Å². The Morgan fingerprint density at radius 1 is 1.21 bits per heavy atom. The number of methoxy groups -OCH3 is 2. The smallest absolute Gasteiger partial charge is 0.228 e. The second-order valence-corrected chi connectivity index (χ2v) is 6.83. The van der Waals surface area contributed by atoms with Gasteiger partial charge in [-0.15, -0.1) is 0 Å². The first-order valence-corrected chi connectivity index (χ1v) is 8.45. The number of likely N-dealkylation sites (tertiary alicyclic amines) is 1. The van der Waals surface area contributed by atoms with Gasteiger partial charge in [-0.2, -0.15) is 0 Å². The standard InChI is InChI=1S/C18H22N2O4/c1-23-15-4-3-13(9-16(15)24-2)20-10-12(8-17(20)21)18(22)19-6-5-11-7-14(11)19/h3-4,9,11-12,14H,5-8,10H2,1-2H3. The van der Waals surface area contributed by atoms with E-state index < -0.39 is 0 Å². The summed E-state index contributed by atoms with van der Waals surface area (Å²) in [4.78, 5) is 28.9. The minimum Gasteiger partial charge on any atom is -0.493 e. The molecule has 4 rings (SSSR count). The first kappa shape index (κ1) is 15.3. The molecule has 0 aromatic heterocycles. The Balaban J connectivity index is 1.50. The second kappa shape index (κ2) is 5.69. The van der Waals surface area contributed by atoms with Crippen molar-refractivity contribution in [3.63, 3.8) is 0 Å². The van der Waals surface area contributed by atoms with E-state index in [2.05, 4.69) is 0 Å². The van der Waals surface area contributed by atoms with Gasteiger partial charge in [0.2, 0.25) is 11.8 Å². The number of hydrogen-bond donors (Lipinski definition) is 0. The number of benzene rings is 1. The van der Waals surface area contributed by atoms with E-state index in [0.717, 1.165) is 25.1 Å². The third-order valence-corrected chi connectivity index (χ3v) is 5.46. The van der Waals surface area contributed by atoms with Crippen molar-refractivity contribution in [2.75, 3.05) is 32.2 Å². The number of anilines is 1. The van der Waals surface area contributed by atoms with Crippen LogP contribution in [0.3, 0.4) is 0 Å². The van der Waals surface area contributed by atoms with E-state index in [-0.39, 0.29) is 17.7 Å². The van der Waals surface area contributed by atoms with Crippen LogP contribution >= 0.6 is 0 Å². The molecule has 0 bridgehead atoms. The molecule has 24 heavy (non-hydrogen) atoms. The highest BCUT2D eigenvalue weighted by Crippen LogP contribution is 2.45. The number of piperidine rings is 1. The monoisotopic (exact) mass is 330 g/mol. The van der Waals surface area contributed by atoms with Gasteiger partial charge in [-0.05, 0) is 30.9 Å². The van der Waals surface area contributed by atoms with Crippen molar-refractivity contribution in [3.05, 3.63) is 18.2 Å². The number of carbonyl (C=O) groups excluding carboxylic acids is 2. The summed E-state index contributed by atoms with van der Waals surface area (Å²) in [6, 6.07) is 5.85. The van der Waals surface area contributed by atoms with Crippen molar-refractivity contribution >= 4 is 17.5 Å². The molecule has 128 valence electrons. The van der Waals surface area contributed by atoms with Crippen LogP contribution in [0.1, 0.15) is 19.3 Å². The minimum absolute atomic E-state index is 0.00730. The summed E-state index contributed by atoms with van der Waals surface area (Å²) in [6.07, 6.45) is 2.56. The number of amides is 2. The van der Waals surface area contributed by atoms with Crippen molar-refractivity contribution in [1.29, 1.82) is 0 Å². The van der Waals surface area contributed by atoms with Crippen LogP contribution in [0, 0.1) is 11.8 Å². The van der Waals surface area contributed by atoms with Crippen LogP contribution in [0.15, 0.2) is 18.2 Å². The van der Waals surface area contributed by atoms with Gasteiger partial charge >= 0.3 is 0 Å². The number of hydrogen-bond acceptors (Lipinski definition) is 4. The molecular formula is C18H22N2O4. The van der Waals surface area contributed by atoms with E-state index in [1.807, 2.05) is 11.0 Å². The van der Waals surface area contributed by atoms with Crippen LogP contribution in [-0.4, -0.2) is 50.1 Å². The van der Waals surface area contributed by atoms with Gasteiger partial charge in [0.1, 0.15) is 0 Å². The minimum atomic E-state index is -0.232. The number of nitrogens with zero attached hydrogens (tertiary/aromatic N) is 2. The maximum Gasteiger partial charge on any atom is 0.228 e. The van der Waals surface area contributed by atoms with Gasteiger partial charge in [-0.25, -0.2) is 0 Å². The number of ether oxygens (including phenoxy) is 2. The van der Waals surface area contributed by atoms with Gasteiger partial charge in [0.15, 0.2) is 11.5 Å². The molecule has 3 aliphatic rings. The van der Waals surface area contributed by atoms with E-state index >= 15 is 0 Å². The Morgan fingerprint density at radius 2 is 2.00 bits per heavy atom. The molecule has 0 radical (unpaired) electrons. The highest BCUT2D eigenvalue weighted by molar-refractivity contribution is 6.00. The zero-order valence-corrected chi connectivity index (χ0v) is 14.0. The molecule has 6 heteroatoms. The molecule has 2 amide bonds. The fourth-order valence-corrected chi connectivity index (χ4v) is 4.02. The summed E-state index contributed by atoms with van der Waals surface area (Å²) in [5, 5.41) is 0. The highest BCUT2D eigenvalue weighted by Gasteiger charge is 2.51. The fourth-order valence-electron chi connectivity index (χ4n) is 4.02. The molecule has 3 atom stereocenters. The van der Waals surface area contributed by atoms with Crippen molar-refractivity contribution in [1.82, 2.24) is 4.90 Å². The lowest BCUT2D eigenvalue weighted by Crippen LogP contribution is -2.37. The van der Waals surface area contributed by atoms with Gasteiger partial charge in [0, 0.05) is 37.3 Å². The molecular weight excluding hydrogens is 308 g/mol. The van der Waals surface area contributed by atoms with Gasteiger partial charge in [-0.1, -0.05) is 0 Å². The second-order valence-electron chi connectivity index (χ2n) is 6.83. The zero-order chi connectivity index (χ0) is 16.8. The molecule has 3 unspecified atom stereocenters. The first-order chi connectivity index (χ1) is 11.6. The average Bonchev–Trinajstić information content (AvgIpc) is 3.09. The lowest BCUT2D eigenvalue weighted by molar-refractivity contribution is -0.135. The van der Waals surface area contributed by atoms with Crippen molar-refractivity contribution in [2.24, 2.45) is 11.8 Å². The van der Waals surface area contributed by atoms with Crippen LogP contribution in [0.25, 0.3) is 0 Å². The molecule has 6 nitrogen and oxygen atoms in total. The summed E-state index contributed by atoms with van der Waals surface area (Å²) in [5.41, 5.74) is 0.749. The predicted molar refractivity (Wildman–Crippen MR) is 88.2 cm³/mol. The van der Waals surface area contributed by atoms with Gasteiger partial charge in [0.25, 0.3) is 0 Å². The third kappa shape index (κ3) is 2.41. The Hall–Kier alpha value is -2.24. The van der Waals surface area contributed by atoms with E-state index in [1.165, 1.54) is 0 Å². The van der Waals surface area contributed by atoms with Crippen molar-refractivity contribution < 1.29 is 19.1 Å². The third-order valence-electron chi connectivity index (χ3n) is 5.46. The summed E-state index contributed by atoms with van der Waals surface area (Å²) >= 11 is 0. The van der Waals surface area contributed by atoms with E-state index in [9.17, 15) is 9.59 Å². The van der Waals surface area contributed by atoms with Crippen LogP contribution in [0.4, 0.5) is 5.69 Å². The molecule has 0 spiro atoms. The molecule has 2 heterocycles. The summed E-state index contributed by atoms with van der Waals surface area (Å²) < 4.78 is 10.5. The summed E-state index contributed by atoms with van der Waals surface area (Å²) in [6.45, 7) is 1.30. The van der Waals surface area contributed by atoms with E-state index in [0.29, 0.717) is 36.4 Å². The molecule has 1 aliphatic carbocycles. The summed E-state index contributed by atoms with van der Waals surface area (Å²) in [7, 11) is 3.15. The molecule has 1 aromatic rings. The molecule has 1 aromatic carbocycles. The van der Waals surface area contributed by atoms with Crippen molar-refractivity contribution in [2.45, 2.75) is 25.3 Å². The highest BCUT2D eigenvalue weighted by atomic mass is 16.5. The zero-order valence-electron chi connectivity index (χ0n) is 14.0. The maximum absolute atomic E-state index is 12.7. The lowest BCUT2D eigenvalue weighted by Gasteiger charge is -2.22. The molecule has 3 fully saturated rings. The Bertz CT molecular complexity index is 690. The van der Waals surface area contributed by atoms with Gasteiger partial charge in [0.05, 0.1) is 20.1 Å². The number of rotatable bonds is 4. The number of carbonyl (C=O) groups is 2. The fraction of sp³-hybridized carbons (Fsp3) is 0.556.